The molecule has 1 aromatic carbocycles. The van der Waals surface area contributed by atoms with Gasteiger partial charge in [-0.15, -0.1) is 11.6 Å². The molecule has 1 aromatic rings. The quantitative estimate of drug-likeness (QED) is 0.820. The first-order chi connectivity index (χ1) is 9.11. The van der Waals surface area contributed by atoms with Gasteiger partial charge in [0.05, 0.1) is 5.56 Å². The van der Waals surface area contributed by atoms with Gasteiger partial charge >= 0.3 is 0 Å². The molecular formula is C14H17BrClNO2. The molecule has 1 aliphatic rings. The van der Waals surface area contributed by atoms with Crippen LogP contribution in [0.1, 0.15) is 36.0 Å². The highest BCUT2D eigenvalue weighted by atomic mass is 79.9. The largest absolute Gasteiger partial charge is 0.507 e. The van der Waals surface area contributed by atoms with Crippen molar-refractivity contribution in [3.8, 4) is 5.75 Å². The Hall–Kier alpha value is -0.740. The number of halogens is 2. The summed E-state index contributed by atoms with van der Waals surface area (Å²) in [6, 6.07) is 4.95. The van der Waals surface area contributed by atoms with Crippen molar-refractivity contribution in [1.82, 2.24) is 5.32 Å². The molecular weight excluding hydrogens is 330 g/mol. The van der Waals surface area contributed by atoms with Gasteiger partial charge in [-0.25, -0.2) is 0 Å². The number of aromatic hydroxyl groups is 1. The topological polar surface area (TPSA) is 49.3 Å². The summed E-state index contributed by atoms with van der Waals surface area (Å²) in [5.74, 6) is 0.656. The standard InChI is InChI=1S/C14H17BrClNO2/c15-10-5-6-13(18)11(7-10)14(19)17-12-4-2-1-3-9(12)8-16/h5-7,9,12,18H,1-4,8H2,(H,17,19). The first-order valence-corrected chi connectivity index (χ1v) is 7.80. The number of nitrogens with one attached hydrogen (secondary N) is 1. The van der Waals surface area contributed by atoms with E-state index in [0.717, 1.165) is 23.7 Å². The minimum Gasteiger partial charge on any atom is -0.507 e. The molecule has 5 heteroatoms. The lowest BCUT2D eigenvalue weighted by Gasteiger charge is -2.30. The van der Waals surface area contributed by atoms with Gasteiger partial charge in [0, 0.05) is 16.4 Å². The highest BCUT2D eigenvalue weighted by molar-refractivity contribution is 9.10. The van der Waals surface area contributed by atoms with Crippen molar-refractivity contribution in [3.05, 3.63) is 28.2 Å². The predicted octanol–water partition coefficient (Wildman–Crippen LogP) is 3.68. The van der Waals surface area contributed by atoms with E-state index < -0.39 is 0 Å². The maximum absolute atomic E-state index is 12.2. The third kappa shape index (κ3) is 3.63. The molecule has 0 aliphatic heterocycles. The van der Waals surface area contributed by atoms with Crippen LogP contribution < -0.4 is 5.32 Å². The van der Waals surface area contributed by atoms with E-state index in [1.165, 1.54) is 12.5 Å². The fraction of sp³-hybridized carbons (Fsp3) is 0.500. The molecule has 0 radical (unpaired) electrons. The van der Waals surface area contributed by atoms with E-state index in [9.17, 15) is 9.90 Å². The lowest BCUT2D eigenvalue weighted by atomic mass is 9.85. The second-order valence-corrected chi connectivity index (χ2v) is 6.16. The maximum atomic E-state index is 12.2. The van der Waals surface area contributed by atoms with Crippen molar-refractivity contribution in [3.63, 3.8) is 0 Å². The third-order valence-electron chi connectivity index (χ3n) is 3.63. The van der Waals surface area contributed by atoms with E-state index in [1.54, 1.807) is 12.1 Å². The molecule has 1 aliphatic carbocycles. The Bertz CT molecular complexity index is 467. The second-order valence-electron chi connectivity index (χ2n) is 4.94. The number of rotatable bonds is 3. The molecule has 19 heavy (non-hydrogen) atoms. The van der Waals surface area contributed by atoms with E-state index in [0.29, 0.717) is 17.4 Å². The Morgan fingerprint density at radius 2 is 2.16 bits per heavy atom. The lowest BCUT2D eigenvalue weighted by Crippen LogP contribution is -2.42. The maximum Gasteiger partial charge on any atom is 0.255 e. The normalized spacial score (nSPS) is 23.1. The van der Waals surface area contributed by atoms with Crippen LogP contribution in [-0.2, 0) is 0 Å². The summed E-state index contributed by atoms with van der Waals surface area (Å²) in [5.41, 5.74) is 0.299. The minimum atomic E-state index is -0.235. The number of hydrogen-bond acceptors (Lipinski definition) is 2. The molecule has 2 atom stereocenters. The summed E-state index contributed by atoms with van der Waals surface area (Å²) in [6.45, 7) is 0. The van der Waals surface area contributed by atoms with E-state index in [-0.39, 0.29) is 17.7 Å². The van der Waals surface area contributed by atoms with Crippen molar-refractivity contribution in [2.24, 2.45) is 5.92 Å². The van der Waals surface area contributed by atoms with Gasteiger partial charge in [0.1, 0.15) is 5.75 Å². The van der Waals surface area contributed by atoms with Gasteiger partial charge in [-0.1, -0.05) is 28.8 Å². The van der Waals surface area contributed by atoms with Gasteiger partial charge < -0.3 is 10.4 Å². The van der Waals surface area contributed by atoms with Crippen LogP contribution in [-0.4, -0.2) is 22.9 Å². The van der Waals surface area contributed by atoms with Crippen molar-refractivity contribution >= 4 is 33.4 Å². The molecule has 0 spiro atoms. The average Bonchev–Trinajstić information content (AvgIpc) is 2.42. The van der Waals surface area contributed by atoms with Gasteiger partial charge in [0.25, 0.3) is 5.91 Å². The monoisotopic (exact) mass is 345 g/mol. The number of phenols is 1. The Morgan fingerprint density at radius 3 is 2.89 bits per heavy atom. The number of amides is 1. The smallest absolute Gasteiger partial charge is 0.255 e. The zero-order valence-corrected chi connectivity index (χ0v) is 12.9. The summed E-state index contributed by atoms with van der Waals surface area (Å²) in [4.78, 5) is 12.2. The van der Waals surface area contributed by atoms with Crippen LogP contribution in [0.2, 0.25) is 0 Å². The number of carbonyl (C=O) groups excluding carboxylic acids is 1. The molecule has 2 unspecified atom stereocenters. The predicted molar refractivity (Wildman–Crippen MR) is 79.7 cm³/mol. The molecule has 1 fully saturated rings. The average molecular weight is 347 g/mol. The summed E-state index contributed by atoms with van der Waals surface area (Å²) in [7, 11) is 0. The molecule has 0 bridgehead atoms. The summed E-state index contributed by atoms with van der Waals surface area (Å²) >= 11 is 9.26. The van der Waals surface area contributed by atoms with E-state index in [4.69, 9.17) is 11.6 Å². The molecule has 1 saturated carbocycles. The first kappa shape index (κ1) is 14.7. The van der Waals surface area contributed by atoms with E-state index >= 15 is 0 Å². The van der Waals surface area contributed by atoms with E-state index in [2.05, 4.69) is 21.2 Å². The van der Waals surface area contributed by atoms with Crippen molar-refractivity contribution < 1.29 is 9.90 Å². The van der Waals surface area contributed by atoms with Crippen LogP contribution in [0.3, 0.4) is 0 Å². The van der Waals surface area contributed by atoms with Crippen molar-refractivity contribution in [2.75, 3.05) is 5.88 Å². The van der Waals surface area contributed by atoms with Gasteiger partial charge in [0.2, 0.25) is 0 Å². The van der Waals surface area contributed by atoms with Crippen LogP contribution in [0.25, 0.3) is 0 Å². The first-order valence-electron chi connectivity index (χ1n) is 6.47. The second kappa shape index (κ2) is 6.62. The van der Waals surface area contributed by atoms with Crippen molar-refractivity contribution in [1.29, 1.82) is 0 Å². The molecule has 2 rings (SSSR count). The van der Waals surface area contributed by atoms with Crippen LogP contribution >= 0.6 is 27.5 Å². The Morgan fingerprint density at radius 1 is 1.42 bits per heavy atom. The Labute approximate surface area is 126 Å². The Balaban J connectivity index is 2.09. The van der Waals surface area contributed by atoms with Crippen molar-refractivity contribution in [2.45, 2.75) is 31.7 Å². The zero-order chi connectivity index (χ0) is 13.8. The molecule has 2 N–H and O–H groups in total. The molecule has 1 amide bonds. The summed E-state index contributed by atoms with van der Waals surface area (Å²) in [6.07, 6.45) is 4.30. The van der Waals surface area contributed by atoms with Crippen LogP contribution in [0.5, 0.6) is 5.75 Å². The van der Waals surface area contributed by atoms with Crippen LogP contribution in [0.4, 0.5) is 0 Å². The number of hydrogen-bond donors (Lipinski definition) is 2. The lowest BCUT2D eigenvalue weighted by molar-refractivity contribution is 0.0908. The fourth-order valence-corrected chi connectivity index (χ4v) is 3.25. The SMILES string of the molecule is O=C(NC1CCCCC1CCl)c1cc(Br)ccc1O. The molecule has 0 heterocycles. The van der Waals surface area contributed by atoms with Gasteiger partial charge in [-0.05, 0) is 37.0 Å². The zero-order valence-electron chi connectivity index (χ0n) is 10.5. The fourth-order valence-electron chi connectivity index (χ4n) is 2.52. The molecule has 3 nitrogen and oxygen atoms in total. The van der Waals surface area contributed by atoms with Crippen LogP contribution in [0, 0.1) is 5.92 Å². The number of benzene rings is 1. The highest BCUT2D eigenvalue weighted by Gasteiger charge is 2.26. The highest BCUT2D eigenvalue weighted by Crippen LogP contribution is 2.27. The molecule has 0 saturated heterocycles. The summed E-state index contributed by atoms with van der Waals surface area (Å²) < 4.78 is 0.771. The van der Waals surface area contributed by atoms with Gasteiger partial charge in [-0.3, -0.25) is 4.79 Å². The minimum absolute atomic E-state index is 0.000988. The molecule has 0 aromatic heterocycles. The van der Waals surface area contributed by atoms with E-state index in [1.807, 2.05) is 0 Å². The van der Waals surface area contributed by atoms with Gasteiger partial charge in [-0.2, -0.15) is 0 Å². The van der Waals surface area contributed by atoms with Crippen LogP contribution in [0.15, 0.2) is 22.7 Å². The number of phenolic OH excluding ortho intramolecular Hbond substituents is 1. The number of alkyl halides is 1. The van der Waals surface area contributed by atoms with Gasteiger partial charge in [0.15, 0.2) is 0 Å². The number of carbonyl (C=O) groups is 1. The Kier molecular flexibility index (Phi) is 5.11. The summed E-state index contributed by atoms with van der Waals surface area (Å²) in [5, 5.41) is 12.8. The third-order valence-corrected chi connectivity index (χ3v) is 4.52. The molecule has 104 valence electrons.